The van der Waals surface area contributed by atoms with Gasteiger partial charge >= 0.3 is 0 Å². The highest BCUT2D eigenvalue weighted by molar-refractivity contribution is 9.11. The Bertz CT molecular complexity index is 261. The molecule has 0 N–H and O–H groups in total. The van der Waals surface area contributed by atoms with Crippen LogP contribution in [0.2, 0.25) is 0 Å². The molecule has 3 heteroatoms. The Morgan fingerprint density at radius 2 is 2.00 bits per heavy atom. The van der Waals surface area contributed by atoms with E-state index in [1.54, 1.807) is 0 Å². The summed E-state index contributed by atoms with van der Waals surface area (Å²) < 4.78 is 2.26. The molecule has 0 aliphatic rings. The van der Waals surface area contributed by atoms with Crippen LogP contribution in [0.5, 0.6) is 0 Å². The molecule has 0 heterocycles. The van der Waals surface area contributed by atoms with E-state index in [4.69, 9.17) is 11.6 Å². The molecule has 0 aromatic heterocycles. The van der Waals surface area contributed by atoms with Gasteiger partial charge in [-0.2, -0.15) is 0 Å². The molecule has 0 atom stereocenters. The van der Waals surface area contributed by atoms with E-state index in [-0.39, 0.29) is 0 Å². The third-order valence-corrected chi connectivity index (χ3v) is 3.09. The lowest BCUT2D eigenvalue weighted by molar-refractivity contribution is 0.923. The summed E-state index contributed by atoms with van der Waals surface area (Å²) in [7, 11) is 0. The van der Waals surface area contributed by atoms with Crippen molar-refractivity contribution in [3.63, 3.8) is 0 Å². The number of rotatable bonds is 3. The zero-order valence-corrected chi connectivity index (χ0v) is 10.4. The minimum atomic E-state index is 0.725. The fourth-order valence-electron chi connectivity index (χ4n) is 0.982. The highest BCUT2D eigenvalue weighted by Crippen LogP contribution is 2.22. The number of hydrogen-bond donors (Lipinski definition) is 0. The average Bonchev–Trinajstić information content (AvgIpc) is 2.03. The van der Waals surface area contributed by atoms with Gasteiger partial charge in [0.05, 0.1) is 0 Å². The minimum absolute atomic E-state index is 0.725. The predicted molar refractivity (Wildman–Crippen MR) is 60.9 cm³/mol. The monoisotopic (exact) mass is 310 g/mol. The van der Waals surface area contributed by atoms with Crippen LogP contribution in [-0.2, 0) is 6.42 Å². The largest absolute Gasteiger partial charge is 0.127 e. The minimum Gasteiger partial charge on any atom is -0.127 e. The molecule has 66 valence electrons. The molecular formula is C9H9Br2Cl. The molecule has 0 bridgehead atoms. The molecule has 0 unspecified atom stereocenters. The SMILES string of the molecule is ClCCCc1ccc(Br)cc1Br. The fraction of sp³-hybridized carbons (Fsp3) is 0.333. The molecule has 1 rings (SSSR count). The standard InChI is InChI=1S/C9H9Br2Cl/c10-8-4-3-7(2-1-5-12)9(11)6-8/h3-4,6H,1-2,5H2. The summed E-state index contributed by atoms with van der Waals surface area (Å²) in [6, 6.07) is 6.22. The van der Waals surface area contributed by atoms with Crippen molar-refractivity contribution < 1.29 is 0 Å². The maximum absolute atomic E-state index is 5.61. The molecule has 0 radical (unpaired) electrons. The highest BCUT2D eigenvalue weighted by atomic mass is 79.9. The van der Waals surface area contributed by atoms with E-state index in [2.05, 4.69) is 44.0 Å². The lowest BCUT2D eigenvalue weighted by atomic mass is 10.1. The first-order chi connectivity index (χ1) is 5.74. The molecule has 0 nitrogen and oxygen atoms in total. The molecule has 0 fully saturated rings. The van der Waals surface area contributed by atoms with Crippen LogP contribution in [0.1, 0.15) is 12.0 Å². The van der Waals surface area contributed by atoms with Crippen LogP contribution < -0.4 is 0 Å². The van der Waals surface area contributed by atoms with E-state index in [1.807, 2.05) is 6.07 Å². The number of halogens is 3. The van der Waals surface area contributed by atoms with Crippen LogP contribution in [0.15, 0.2) is 27.1 Å². The van der Waals surface area contributed by atoms with E-state index in [0.717, 1.165) is 27.7 Å². The molecule has 0 spiro atoms. The maximum atomic E-state index is 5.61. The van der Waals surface area contributed by atoms with Gasteiger partial charge in [0.25, 0.3) is 0 Å². The van der Waals surface area contributed by atoms with Gasteiger partial charge in [0.15, 0.2) is 0 Å². The summed E-state index contributed by atoms with van der Waals surface area (Å²) in [5.74, 6) is 0.725. The van der Waals surface area contributed by atoms with Gasteiger partial charge in [-0.3, -0.25) is 0 Å². The van der Waals surface area contributed by atoms with Gasteiger partial charge < -0.3 is 0 Å². The molecule has 0 saturated heterocycles. The first-order valence-electron chi connectivity index (χ1n) is 3.74. The van der Waals surface area contributed by atoms with Crippen molar-refractivity contribution in [2.45, 2.75) is 12.8 Å². The lowest BCUT2D eigenvalue weighted by Gasteiger charge is -2.02. The molecule has 0 amide bonds. The van der Waals surface area contributed by atoms with Crippen LogP contribution >= 0.6 is 43.5 Å². The first kappa shape index (κ1) is 10.6. The van der Waals surface area contributed by atoms with Gasteiger partial charge in [-0.15, -0.1) is 11.6 Å². The summed E-state index contributed by atoms with van der Waals surface area (Å²) in [4.78, 5) is 0. The summed E-state index contributed by atoms with van der Waals surface area (Å²) >= 11 is 12.5. The maximum Gasteiger partial charge on any atom is 0.0226 e. The predicted octanol–water partition coefficient (Wildman–Crippen LogP) is 4.38. The topological polar surface area (TPSA) is 0 Å². The second-order valence-electron chi connectivity index (χ2n) is 2.53. The smallest absolute Gasteiger partial charge is 0.0226 e. The Morgan fingerprint density at radius 1 is 1.25 bits per heavy atom. The van der Waals surface area contributed by atoms with Crippen molar-refractivity contribution in [3.8, 4) is 0 Å². The molecule has 0 saturated carbocycles. The van der Waals surface area contributed by atoms with Crippen molar-refractivity contribution in [2.75, 3.05) is 5.88 Å². The van der Waals surface area contributed by atoms with Gasteiger partial charge in [0, 0.05) is 14.8 Å². The number of benzene rings is 1. The van der Waals surface area contributed by atoms with Crippen LogP contribution in [0.4, 0.5) is 0 Å². The third-order valence-electron chi connectivity index (χ3n) is 1.59. The van der Waals surface area contributed by atoms with Crippen molar-refractivity contribution in [2.24, 2.45) is 0 Å². The average molecular weight is 312 g/mol. The Labute approximate surface area is 94.6 Å². The second-order valence-corrected chi connectivity index (χ2v) is 4.68. The molecule has 0 aliphatic heterocycles. The van der Waals surface area contributed by atoms with Crippen molar-refractivity contribution in [1.82, 2.24) is 0 Å². The summed E-state index contributed by atoms with van der Waals surface area (Å²) in [5, 5.41) is 0. The van der Waals surface area contributed by atoms with E-state index < -0.39 is 0 Å². The van der Waals surface area contributed by atoms with E-state index >= 15 is 0 Å². The van der Waals surface area contributed by atoms with Gasteiger partial charge in [0.1, 0.15) is 0 Å². The molecule has 12 heavy (non-hydrogen) atoms. The van der Waals surface area contributed by atoms with Gasteiger partial charge in [-0.05, 0) is 30.5 Å². The number of hydrogen-bond acceptors (Lipinski definition) is 0. The molecule has 1 aromatic carbocycles. The Morgan fingerprint density at radius 3 is 2.58 bits per heavy atom. The molecule has 1 aromatic rings. The number of alkyl halides is 1. The second kappa shape index (κ2) is 5.25. The zero-order valence-electron chi connectivity index (χ0n) is 6.49. The van der Waals surface area contributed by atoms with Gasteiger partial charge in [-0.25, -0.2) is 0 Å². The summed E-state index contributed by atoms with van der Waals surface area (Å²) in [5.41, 5.74) is 1.32. The van der Waals surface area contributed by atoms with E-state index in [1.165, 1.54) is 5.56 Å². The zero-order chi connectivity index (χ0) is 8.97. The highest BCUT2D eigenvalue weighted by Gasteiger charge is 1.99. The van der Waals surface area contributed by atoms with Crippen molar-refractivity contribution in [1.29, 1.82) is 0 Å². The van der Waals surface area contributed by atoms with Crippen LogP contribution in [0.3, 0.4) is 0 Å². The normalized spacial score (nSPS) is 10.2. The fourth-order valence-corrected chi connectivity index (χ4v) is 2.36. The third kappa shape index (κ3) is 3.08. The molecule has 0 aliphatic carbocycles. The van der Waals surface area contributed by atoms with Gasteiger partial charge in [0.2, 0.25) is 0 Å². The number of aryl methyl sites for hydroxylation is 1. The van der Waals surface area contributed by atoms with Crippen molar-refractivity contribution in [3.05, 3.63) is 32.7 Å². The van der Waals surface area contributed by atoms with Crippen molar-refractivity contribution >= 4 is 43.5 Å². The summed E-state index contributed by atoms with van der Waals surface area (Å²) in [6.07, 6.45) is 2.07. The quantitative estimate of drug-likeness (QED) is 0.727. The summed E-state index contributed by atoms with van der Waals surface area (Å²) in [6.45, 7) is 0. The lowest BCUT2D eigenvalue weighted by Crippen LogP contribution is -1.87. The van der Waals surface area contributed by atoms with Crippen LogP contribution in [0, 0.1) is 0 Å². The molecular weight excluding hydrogens is 303 g/mol. The Balaban J connectivity index is 2.72. The van der Waals surface area contributed by atoms with Crippen LogP contribution in [0.25, 0.3) is 0 Å². The Kier molecular flexibility index (Phi) is 4.62. The Hall–Kier alpha value is 0.470. The van der Waals surface area contributed by atoms with Gasteiger partial charge in [-0.1, -0.05) is 37.9 Å². The van der Waals surface area contributed by atoms with E-state index in [9.17, 15) is 0 Å². The van der Waals surface area contributed by atoms with Crippen LogP contribution in [-0.4, -0.2) is 5.88 Å². The van der Waals surface area contributed by atoms with E-state index in [0.29, 0.717) is 0 Å². The first-order valence-corrected chi connectivity index (χ1v) is 5.86.